The summed E-state index contributed by atoms with van der Waals surface area (Å²) in [4.78, 5) is 11.0. The summed E-state index contributed by atoms with van der Waals surface area (Å²) < 4.78 is 0. The van der Waals surface area contributed by atoms with Crippen molar-refractivity contribution in [2.75, 3.05) is 6.54 Å². The van der Waals surface area contributed by atoms with E-state index in [1.807, 2.05) is 37.3 Å². The summed E-state index contributed by atoms with van der Waals surface area (Å²) in [6.07, 6.45) is 1.59. The molecule has 0 aliphatic heterocycles. The predicted molar refractivity (Wildman–Crippen MR) is 48.5 cm³/mol. The average Bonchev–Trinajstić information content (AvgIpc) is 2.06. The monoisotopic (exact) mass is 162 g/mol. The molecule has 0 unspecified atom stereocenters. The minimum atomic E-state index is -0.0382. The van der Waals surface area contributed by atoms with Crippen LogP contribution in [-0.4, -0.2) is 12.5 Å². The predicted octanol–water partition coefficient (Wildman–Crippen LogP) is 1.38. The lowest BCUT2D eigenvalue weighted by Crippen LogP contribution is -2.22. The molecule has 0 heterocycles. The minimum Gasteiger partial charge on any atom is -0.356 e. The molecule has 0 saturated carbocycles. The third-order valence-electron chi connectivity index (χ3n) is 1.45. The lowest BCUT2D eigenvalue weighted by atomic mass is 10.1. The molecule has 1 aromatic rings. The van der Waals surface area contributed by atoms with Gasteiger partial charge >= 0.3 is 0 Å². The summed E-state index contributed by atoms with van der Waals surface area (Å²) in [5, 5.41) is 2.70. The first-order chi connectivity index (χ1) is 5.83. The normalized spacial score (nSPS) is 9.42. The molecule has 63 valence electrons. The van der Waals surface area contributed by atoms with Gasteiger partial charge in [0, 0.05) is 6.54 Å². The summed E-state index contributed by atoms with van der Waals surface area (Å²) >= 11 is 0. The van der Waals surface area contributed by atoms with E-state index in [0.29, 0.717) is 6.54 Å². The zero-order valence-electron chi connectivity index (χ0n) is 7.08. The third-order valence-corrected chi connectivity index (χ3v) is 1.45. The molecular weight excluding hydrogens is 150 g/mol. The highest BCUT2D eigenvalue weighted by Gasteiger charge is 2.00. The molecule has 12 heavy (non-hydrogen) atoms. The Morgan fingerprint density at radius 3 is 2.67 bits per heavy atom. The maximum Gasteiger partial charge on any atom is 0.228 e. The number of carbonyl (C=O) groups is 1. The Morgan fingerprint density at radius 2 is 2.08 bits per heavy atom. The molecule has 2 nitrogen and oxygen atoms in total. The van der Waals surface area contributed by atoms with Gasteiger partial charge in [0.25, 0.3) is 0 Å². The van der Waals surface area contributed by atoms with Gasteiger partial charge in [-0.2, -0.15) is 0 Å². The van der Waals surface area contributed by atoms with E-state index in [-0.39, 0.29) is 5.91 Å². The van der Waals surface area contributed by atoms with Crippen LogP contribution in [0.25, 0.3) is 0 Å². The van der Waals surface area contributed by atoms with Crippen LogP contribution in [0.5, 0.6) is 0 Å². The Bertz CT molecular complexity index is 243. The first kappa shape index (κ1) is 8.78. The van der Waals surface area contributed by atoms with Gasteiger partial charge in [0.2, 0.25) is 5.91 Å². The first-order valence-electron chi connectivity index (χ1n) is 4.00. The van der Waals surface area contributed by atoms with Crippen LogP contribution in [0.15, 0.2) is 30.3 Å². The molecule has 0 fully saturated rings. The largest absolute Gasteiger partial charge is 0.356 e. The van der Waals surface area contributed by atoms with Crippen molar-refractivity contribution in [1.82, 2.24) is 5.32 Å². The number of hydrogen-bond donors (Lipinski definition) is 1. The fourth-order valence-corrected chi connectivity index (χ4v) is 0.926. The van der Waals surface area contributed by atoms with E-state index >= 15 is 0 Å². The number of rotatable bonds is 3. The van der Waals surface area contributed by atoms with E-state index in [9.17, 15) is 4.79 Å². The Hall–Kier alpha value is -1.31. The van der Waals surface area contributed by atoms with Gasteiger partial charge in [0.05, 0.1) is 6.42 Å². The van der Waals surface area contributed by atoms with Crippen LogP contribution in [-0.2, 0) is 4.79 Å². The van der Waals surface area contributed by atoms with Gasteiger partial charge in [-0.05, 0) is 12.5 Å². The van der Waals surface area contributed by atoms with Crippen molar-refractivity contribution >= 4 is 5.91 Å². The van der Waals surface area contributed by atoms with Crippen LogP contribution < -0.4 is 5.32 Å². The minimum absolute atomic E-state index is 0.0382. The van der Waals surface area contributed by atoms with Gasteiger partial charge in [-0.1, -0.05) is 30.3 Å². The quantitative estimate of drug-likeness (QED) is 0.714. The van der Waals surface area contributed by atoms with E-state index in [1.165, 1.54) is 0 Å². The highest BCUT2D eigenvalue weighted by molar-refractivity contribution is 5.88. The van der Waals surface area contributed by atoms with Crippen molar-refractivity contribution in [2.24, 2.45) is 0 Å². The average molecular weight is 162 g/mol. The lowest BCUT2D eigenvalue weighted by molar-refractivity contribution is -0.117. The molecule has 1 amide bonds. The maximum absolute atomic E-state index is 11.0. The van der Waals surface area contributed by atoms with Crippen LogP contribution in [0.1, 0.15) is 12.5 Å². The van der Waals surface area contributed by atoms with E-state index < -0.39 is 0 Å². The lowest BCUT2D eigenvalue weighted by Gasteiger charge is -2.00. The van der Waals surface area contributed by atoms with Crippen LogP contribution in [0.3, 0.4) is 0 Å². The highest BCUT2D eigenvalue weighted by Crippen LogP contribution is 2.00. The number of likely N-dealkylation sites (N-methyl/N-ethyl adjacent to an activating group) is 1. The summed E-state index contributed by atoms with van der Waals surface area (Å²) in [7, 11) is 0. The summed E-state index contributed by atoms with van der Waals surface area (Å²) in [5.41, 5.74) is 0.934. The van der Waals surface area contributed by atoms with Crippen LogP contribution in [0, 0.1) is 6.42 Å². The molecule has 0 aromatic heterocycles. The third kappa shape index (κ3) is 2.74. The van der Waals surface area contributed by atoms with Crippen LogP contribution >= 0.6 is 0 Å². The second-order valence-corrected chi connectivity index (χ2v) is 2.45. The molecule has 0 saturated heterocycles. The number of hydrogen-bond acceptors (Lipinski definition) is 1. The maximum atomic E-state index is 11.0. The Labute approximate surface area is 72.6 Å². The second kappa shape index (κ2) is 4.54. The van der Waals surface area contributed by atoms with Gasteiger partial charge in [-0.3, -0.25) is 4.79 Å². The smallest absolute Gasteiger partial charge is 0.228 e. The summed E-state index contributed by atoms with van der Waals surface area (Å²) in [6, 6.07) is 9.54. The molecule has 0 aliphatic carbocycles. The van der Waals surface area contributed by atoms with Gasteiger partial charge < -0.3 is 5.32 Å². The van der Waals surface area contributed by atoms with E-state index in [4.69, 9.17) is 0 Å². The first-order valence-corrected chi connectivity index (χ1v) is 4.00. The molecule has 0 spiro atoms. The number of nitrogens with one attached hydrogen (secondary N) is 1. The number of carbonyl (C=O) groups excluding carboxylic acids is 1. The topological polar surface area (TPSA) is 29.1 Å². The van der Waals surface area contributed by atoms with Crippen molar-refractivity contribution in [3.63, 3.8) is 0 Å². The fraction of sp³-hybridized carbons (Fsp3) is 0.200. The Balaban J connectivity index is 2.47. The Morgan fingerprint density at radius 1 is 1.42 bits per heavy atom. The van der Waals surface area contributed by atoms with Gasteiger partial charge in [0.15, 0.2) is 0 Å². The van der Waals surface area contributed by atoms with E-state index in [2.05, 4.69) is 5.32 Å². The SMILES string of the molecule is CCNC(=O)[CH]c1ccccc1. The zero-order chi connectivity index (χ0) is 8.81. The summed E-state index contributed by atoms with van der Waals surface area (Å²) in [6.45, 7) is 2.57. The van der Waals surface area contributed by atoms with Crippen LogP contribution in [0.4, 0.5) is 0 Å². The molecular formula is C10H12NO. The van der Waals surface area contributed by atoms with Gasteiger partial charge in [0.1, 0.15) is 0 Å². The molecule has 0 bridgehead atoms. The molecule has 1 radical (unpaired) electrons. The van der Waals surface area contributed by atoms with Gasteiger partial charge in [-0.15, -0.1) is 0 Å². The molecule has 1 aromatic carbocycles. The van der Waals surface area contributed by atoms with Crippen molar-refractivity contribution in [3.8, 4) is 0 Å². The van der Waals surface area contributed by atoms with Crippen molar-refractivity contribution < 1.29 is 4.79 Å². The van der Waals surface area contributed by atoms with Crippen molar-refractivity contribution in [3.05, 3.63) is 42.3 Å². The second-order valence-electron chi connectivity index (χ2n) is 2.45. The zero-order valence-corrected chi connectivity index (χ0v) is 7.08. The van der Waals surface area contributed by atoms with Gasteiger partial charge in [-0.25, -0.2) is 0 Å². The molecule has 1 rings (SSSR count). The summed E-state index contributed by atoms with van der Waals surface area (Å²) in [5.74, 6) is -0.0382. The molecule has 0 aliphatic rings. The van der Waals surface area contributed by atoms with Crippen LogP contribution in [0.2, 0.25) is 0 Å². The van der Waals surface area contributed by atoms with E-state index in [0.717, 1.165) is 5.56 Å². The number of benzene rings is 1. The van der Waals surface area contributed by atoms with E-state index in [1.54, 1.807) is 6.42 Å². The van der Waals surface area contributed by atoms with Crippen molar-refractivity contribution in [2.45, 2.75) is 6.92 Å². The fourth-order valence-electron chi connectivity index (χ4n) is 0.926. The molecule has 2 heteroatoms. The molecule has 1 N–H and O–H groups in total. The molecule has 0 atom stereocenters. The highest BCUT2D eigenvalue weighted by atomic mass is 16.1. The Kier molecular flexibility index (Phi) is 3.33. The number of amides is 1. The standard InChI is InChI=1S/C10H12NO/c1-2-11-10(12)8-9-6-4-3-5-7-9/h3-8H,2H2,1H3,(H,11,12). The van der Waals surface area contributed by atoms with Crippen molar-refractivity contribution in [1.29, 1.82) is 0 Å².